The van der Waals surface area contributed by atoms with Gasteiger partial charge in [0.25, 0.3) is 0 Å². The highest BCUT2D eigenvalue weighted by atomic mass is 19.1. The van der Waals surface area contributed by atoms with Crippen LogP contribution >= 0.6 is 0 Å². The summed E-state index contributed by atoms with van der Waals surface area (Å²) >= 11 is 0. The molecule has 0 amide bonds. The molecule has 0 fully saturated rings. The summed E-state index contributed by atoms with van der Waals surface area (Å²) in [6, 6.07) is 8.89. The topological polar surface area (TPSA) is 43.8 Å². The molecule has 0 spiro atoms. The minimum atomic E-state index is -0.401. The van der Waals surface area contributed by atoms with Crippen LogP contribution in [0.1, 0.15) is 5.56 Å². The quantitative estimate of drug-likeness (QED) is 0.729. The van der Waals surface area contributed by atoms with Crippen LogP contribution < -0.4 is 5.73 Å². The van der Waals surface area contributed by atoms with E-state index in [0.717, 1.165) is 5.56 Å². The lowest BCUT2D eigenvalue weighted by Gasteiger charge is -2.10. The Kier molecular flexibility index (Phi) is 2.48. The summed E-state index contributed by atoms with van der Waals surface area (Å²) in [5.41, 5.74) is 7.89. The van der Waals surface area contributed by atoms with Gasteiger partial charge in [-0.15, -0.1) is 0 Å². The van der Waals surface area contributed by atoms with Crippen molar-refractivity contribution in [3.63, 3.8) is 0 Å². The first-order chi connectivity index (χ1) is 9.08. The van der Waals surface area contributed by atoms with Crippen molar-refractivity contribution in [2.24, 2.45) is 0 Å². The highest BCUT2D eigenvalue weighted by molar-refractivity contribution is 5.81. The fraction of sp³-hybridized carbons (Fsp3) is 0.0714. The summed E-state index contributed by atoms with van der Waals surface area (Å²) in [7, 11) is 0. The Balaban J connectivity index is 2.40. The molecule has 3 nitrogen and oxygen atoms in total. The molecule has 19 heavy (non-hydrogen) atoms. The number of nitrogens with two attached hydrogens (primary N) is 1. The Bertz CT molecular complexity index is 757. The van der Waals surface area contributed by atoms with Gasteiger partial charge in [-0.25, -0.2) is 13.8 Å². The van der Waals surface area contributed by atoms with Crippen LogP contribution in [0.4, 0.5) is 14.7 Å². The van der Waals surface area contributed by atoms with E-state index < -0.39 is 11.6 Å². The molecular formula is C14H11F2N3. The van der Waals surface area contributed by atoms with Crippen LogP contribution in [-0.4, -0.2) is 9.55 Å². The van der Waals surface area contributed by atoms with Gasteiger partial charge in [-0.3, -0.25) is 4.57 Å². The van der Waals surface area contributed by atoms with E-state index >= 15 is 0 Å². The van der Waals surface area contributed by atoms with Crippen molar-refractivity contribution in [2.75, 3.05) is 5.73 Å². The van der Waals surface area contributed by atoms with Crippen molar-refractivity contribution in [1.29, 1.82) is 0 Å². The number of para-hydroxylation sites is 1. The number of fused-ring (bicyclic) bond motifs is 1. The molecule has 0 saturated heterocycles. The summed E-state index contributed by atoms with van der Waals surface area (Å²) in [4.78, 5) is 4.07. The van der Waals surface area contributed by atoms with E-state index in [1.54, 1.807) is 25.1 Å². The van der Waals surface area contributed by atoms with Gasteiger partial charge < -0.3 is 5.73 Å². The molecule has 0 radical (unpaired) electrons. The molecule has 3 rings (SSSR count). The summed E-state index contributed by atoms with van der Waals surface area (Å²) in [5.74, 6) is -0.661. The fourth-order valence-corrected chi connectivity index (χ4v) is 2.21. The molecule has 96 valence electrons. The number of anilines is 1. The van der Waals surface area contributed by atoms with Crippen molar-refractivity contribution in [3.8, 4) is 5.69 Å². The van der Waals surface area contributed by atoms with Crippen LogP contribution in [-0.2, 0) is 0 Å². The monoisotopic (exact) mass is 259 g/mol. The maximum atomic E-state index is 14.0. The van der Waals surface area contributed by atoms with E-state index in [1.165, 1.54) is 22.8 Å². The largest absolute Gasteiger partial charge is 0.369 e. The Morgan fingerprint density at radius 1 is 1.16 bits per heavy atom. The minimum absolute atomic E-state index is 0.133. The van der Waals surface area contributed by atoms with Gasteiger partial charge in [0.05, 0.1) is 16.7 Å². The lowest BCUT2D eigenvalue weighted by Crippen LogP contribution is -2.05. The first-order valence-corrected chi connectivity index (χ1v) is 5.77. The van der Waals surface area contributed by atoms with Crippen LogP contribution in [0.15, 0.2) is 36.4 Å². The Hall–Kier alpha value is -2.43. The Morgan fingerprint density at radius 3 is 2.68 bits per heavy atom. The average Bonchev–Trinajstić information content (AvgIpc) is 2.65. The van der Waals surface area contributed by atoms with Gasteiger partial charge in [0, 0.05) is 6.07 Å². The zero-order chi connectivity index (χ0) is 13.6. The second-order valence-electron chi connectivity index (χ2n) is 4.34. The number of nitrogens with zero attached hydrogens (tertiary/aromatic N) is 2. The van der Waals surface area contributed by atoms with Gasteiger partial charge in [-0.1, -0.05) is 12.1 Å². The number of benzene rings is 2. The molecule has 3 aromatic rings. The maximum absolute atomic E-state index is 14.0. The number of halogens is 2. The van der Waals surface area contributed by atoms with E-state index in [2.05, 4.69) is 4.98 Å². The number of hydrogen-bond acceptors (Lipinski definition) is 2. The molecule has 5 heteroatoms. The Morgan fingerprint density at radius 2 is 1.95 bits per heavy atom. The highest BCUT2D eigenvalue weighted by Crippen LogP contribution is 2.27. The number of rotatable bonds is 1. The first kappa shape index (κ1) is 11.6. The van der Waals surface area contributed by atoms with Gasteiger partial charge in [0.1, 0.15) is 11.6 Å². The number of imidazole rings is 1. The fourth-order valence-electron chi connectivity index (χ4n) is 2.21. The van der Waals surface area contributed by atoms with Crippen LogP contribution in [0.5, 0.6) is 0 Å². The zero-order valence-electron chi connectivity index (χ0n) is 10.2. The Labute approximate surface area is 108 Å². The molecule has 0 unspecified atom stereocenters. The van der Waals surface area contributed by atoms with Crippen molar-refractivity contribution in [3.05, 3.63) is 53.6 Å². The molecule has 1 aromatic heterocycles. The van der Waals surface area contributed by atoms with Crippen molar-refractivity contribution in [1.82, 2.24) is 9.55 Å². The molecule has 2 N–H and O–H groups in total. The van der Waals surface area contributed by atoms with Crippen LogP contribution in [0.2, 0.25) is 0 Å². The van der Waals surface area contributed by atoms with Gasteiger partial charge in [0.15, 0.2) is 0 Å². The molecule has 1 heterocycles. The lowest BCUT2D eigenvalue weighted by atomic mass is 10.2. The second-order valence-corrected chi connectivity index (χ2v) is 4.34. The molecule has 2 aromatic carbocycles. The van der Waals surface area contributed by atoms with Gasteiger partial charge in [-0.2, -0.15) is 0 Å². The van der Waals surface area contributed by atoms with Crippen LogP contribution in [0.3, 0.4) is 0 Å². The number of aromatic nitrogens is 2. The molecule has 0 aliphatic heterocycles. The van der Waals surface area contributed by atoms with E-state index in [1.807, 2.05) is 0 Å². The standard InChI is InChI=1S/C14H11F2N3/c1-8-3-2-4-10(16)13(8)19-12-6-5-9(15)7-11(12)18-14(19)17/h2-7H,1H3,(H2,17,18). The maximum Gasteiger partial charge on any atom is 0.206 e. The predicted molar refractivity (Wildman–Crippen MR) is 70.1 cm³/mol. The SMILES string of the molecule is Cc1cccc(F)c1-n1c(N)nc2cc(F)ccc21. The minimum Gasteiger partial charge on any atom is -0.369 e. The van der Waals surface area contributed by atoms with Crippen molar-refractivity contribution < 1.29 is 8.78 Å². The van der Waals surface area contributed by atoms with Crippen molar-refractivity contribution in [2.45, 2.75) is 6.92 Å². The molecular weight excluding hydrogens is 248 g/mol. The first-order valence-electron chi connectivity index (χ1n) is 5.77. The lowest BCUT2D eigenvalue weighted by molar-refractivity contribution is 0.618. The zero-order valence-corrected chi connectivity index (χ0v) is 10.2. The second kappa shape index (κ2) is 4.05. The summed E-state index contributed by atoms with van der Waals surface area (Å²) in [5, 5.41) is 0. The number of nitrogen functional groups attached to an aromatic ring is 1. The third kappa shape index (κ3) is 1.74. The molecule has 0 atom stereocenters. The summed E-state index contributed by atoms with van der Waals surface area (Å²) in [6.45, 7) is 1.78. The van der Waals surface area contributed by atoms with E-state index in [9.17, 15) is 8.78 Å². The third-order valence-electron chi connectivity index (χ3n) is 3.05. The molecule has 0 aliphatic rings. The molecule has 0 saturated carbocycles. The van der Waals surface area contributed by atoms with Crippen molar-refractivity contribution >= 4 is 17.0 Å². The van der Waals surface area contributed by atoms with E-state index in [0.29, 0.717) is 16.7 Å². The van der Waals surface area contributed by atoms with E-state index in [-0.39, 0.29) is 5.95 Å². The number of hydrogen-bond donors (Lipinski definition) is 1. The summed E-state index contributed by atoms with van der Waals surface area (Å²) < 4.78 is 28.7. The van der Waals surface area contributed by atoms with Crippen LogP contribution in [0.25, 0.3) is 16.7 Å². The normalized spacial score (nSPS) is 11.1. The van der Waals surface area contributed by atoms with Crippen LogP contribution in [0, 0.1) is 18.6 Å². The third-order valence-corrected chi connectivity index (χ3v) is 3.05. The van der Waals surface area contributed by atoms with Gasteiger partial charge in [-0.05, 0) is 30.7 Å². The highest BCUT2D eigenvalue weighted by Gasteiger charge is 2.15. The molecule has 0 aliphatic carbocycles. The molecule has 0 bridgehead atoms. The van der Waals surface area contributed by atoms with E-state index in [4.69, 9.17) is 5.73 Å². The predicted octanol–water partition coefficient (Wildman–Crippen LogP) is 3.19. The summed E-state index contributed by atoms with van der Waals surface area (Å²) in [6.07, 6.45) is 0. The smallest absolute Gasteiger partial charge is 0.206 e. The van der Waals surface area contributed by atoms with Gasteiger partial charge >= 0.3 is 0 Å². The number of aryl methyl sites for hydroxylation is 1. The average molecular weight is 259 g/mol. The van der Waals surface area contributed by atoms with Gasteiger partial charge in [0.2, 0.25) is 5.95 Å².